The number of halogens is 1. The van der Waals surface area contributed by atoms with Gasteiger partial charge in [0.2, 0.25) is 0 Å². The van der Waals surface area contributed by atoms with Crippen LogP contribution in [-0.2, 0) is 12.8 Å². The lowest BCUT2D eigenvalue weighted by atomic mass is 10.1. The fourth-order valence-electron chi connectivity index (χ4n) is 3.67. The Balaban J connectivity index is 0. The second-order valence-corrected chi connectivity index (χ2v) is 10.3. The molecule has 0 aliphatic carbocycles. The normalized spacial score (nSPS) is 13.2. The first-order chi connectivity index (χ1) is 17.0. The topological polar surface area (TPSA) is 93.2 Å². The molecule has 0 aliphatic heterocycles. The van der Waals surface area contributed by atoms with Gasteiger partial charge < -0.3 is 22.1 Å². The molecule has 0 saturated heterocycles. The van der Waals surface area contributed by atoms with E-state index in [0.29, 0.717) is 6.04 Å². The number of nitrogens with one attached hydrogen (secondary N) is 2. The van der Waals surface area contributed by atoms with Gasteiger partial charge in [-0.25, -0.2) is 4.79 Å². The van der Waals surface area contributed by atoms with E-state index in [1.54, 1.807) is 0 Å². The molecule has 0 aromatic heterocycles. The Morgan fingerprint density at radius 1 is 0.676 bits per heavy atom. The highest BCUT2D eigenvalue weighted by molar-refractivity contribution is 5.85. The minimum atomic E-state index is -0.0689. The van der Waals surface area contributed by atoms with E-state index in [1.165, 1.54) is 28.7 Å². The van der Waals surface area contributed by atoms with Crippen LogP contribution in [0.25, 0.3) is 0 Å². The summed E-state index contributed by atoms with van der Waals surface area (Å²) in [6, 6.07) is 17.9. The summed E-state index contributed by atoms with van der Waals surface area (Å²) in [7, 11) is 0. The molecule has 2 rings (SSSR count). The fraction of sp³-hybridized carbons (Fsp3) is 0.581. The van der Waals surface area contributed by atoms with Gasteiger partial charge in [0.15, 0.2) is 0 Å². The Bertz CT molecular complexity index is 807. The third-order valence-corrected chi connectivity index (χ3v) is 5.56. The Kier molecular flexibility index (Phi) is 22.0. The summed E-state index contributed by atoms with van der Waals surface area (Å²) in [5.41, 5.74) is 16.2. The van der Waals surface area contributed by atoms with E-state index in [2.05, 4.69) is 86.9 Å². The number of carbonyl (C=O) groups excluding carboxylic acids is 1. The highest BCUT2D eigenvalue weighted by atomic mass is 35.5. The summed E-state index contributed by atoms with van der Waals surface area (Å²) in [5, 5.41) is 5.94. The summed E-state index contributed by atoms with van der Waals surface area (Å²) in [5.74, 6) is 0. The molecule has 4 atom stereocenters. The van der Waals surface area contributed by atoms with Crippen molar-refractivity contribution in [3.05, 3.63) is 70.8 Å². The molecule has 0 fully saturated rings. The SMILES string of the molecule is CCC[C@@H](C)N.CCC[C@@H](C)NC(=O)N[C@H](C)Cc1ccc(C)cc1.Cc1ccc(C[C@@H](C)N)cc1.Cl. The van der Waals surface area contributed by atoms with E-state index in [4.69, 9.17) is 11.5 Å². The summed E-state index contributed by atoms with van der Waals surface area (Å²) < 4.78 is 0. The average molecular weight is 535 g/mol. The van der Waals surface area contributed by atoms with Crippen molar-refractivity contribution in [1.29, 1.82) is 0 Å². The third kappa shape index (κ3) is 21.7. The number of nitrogens with two attached hydrogens (primary N) is 2. The lowest BCUT2D eigenvalue weighted by Gasteiger charge is -2.18. The molecule has 37 heavy (non-hydrogen) atoms. The maximum absolute atomic E-state index is 11.8. The van der Waals surface area contributed by atoms with Gasteiger partial charge in [0.1, 0.15) is 0 Å². The number of hydrogen-bond acceptors (Lipinski definition) is 3. The van der Waals surface area contributed by atoms with Gasteiger partial charge in [-0.2, -0.15) is 0 Å². The van der Waals surface area contributed by atoms with Crippen LogP contribution in [0.2, 0.25) is 0 Å². The zero-order valence-corrected chi connectivity index (χ0v) is 25.5. The molecule has 212 valence electrons. The maximum Gasteiger partial charge on any atom is 0.315 e. The Morgan fingerprint density at radius 2 is 1.08 bits per heavy atom. The third-order valence-electron chi connectivity index (χ3n) is 5.56. The smallest absolute Gasteiger partial charge is 0.315 e. The molecule has 2 aromatic carbocycles. The van der Waals surface area contributed by atoms with Crippen LogP contribution in [0.5, 0.6) is 0 Å². The largest absolute Gasteiger partial charge is 0.336 e. The number of benzene rings is 2. The molecule has 0 saturated carbocycles. The van der Waals surface area contributed by atoms with Gasteiger partial charge in [-0.1, -0.05) is 86.3 Å². The standard InChI is InChI=1S/C16H26N2O.C10H15N.C5H13N.ClH/c1-5-6-13(3)17-16(19)18-14(4)11-15-9-7-12(2)8-10-15;1-8-3-5-10(6-4-8)7-9(2)11;1-3-4-5(2)6;/h7-10,13-14H,5-6,11H2,1-4H3,(H2,17,18,19);3-6,9H,7,11H2,1-2H3;5H,3-4,6H2,1-2H3;1H/t13-,14-;9-;5-;/m111./s1. The highest BCUT2D eigenvalue weighted by Crippen LogP contribution is 2.06. The van der Waals surface area contributed by atoms with Gasteiger partial charge in [0.05, 0.1) is 0 Å². The van der Waals surface area contributed by atoms with Crippen molar-refractivity contribution in [3.63, 3.8) is 0 Å². The van der Waals surface area contributed by atoms with Crippen molar-refractivity contribution in [3.8, 4) is 0 Å². The van der Waals surface area contributed by atoms with Gasteiger partial charge in [0, 0.05) is 24.2 Å². The lowest BCUT2D eigenvalue weighted by Crippen LogP contribution is -2.45. The number of aryl methyl sites for hydroxylation is 2. The molecule has 0 spiro atoms. The second-order valence-electron chi connectivity index (χ2n) is 10.3. The fourth-order valence-corrected chi connectivity index (χ4v) is 3.67. The summed E-state index contributed by atoms with van der Waals surface area (Å²) in [6.45, 7) is 16.6. The van der Waals surface area contributed by atoms with Crippen LogP contribution >= 0.6 is 12.4 Å². The summed E-state index contributed by atoms with van der Waals surface area (Å²) >= 11 is 0. The van der Waals surface area contributed by atoms with Gasteiger partial charge in [-0.3, -0.25) is 0 Å². The van der Waals surface area contributed by atoms with E-state index in [9.17, 15) is 4.79 Å². The van der Waals surface area contributed by atoms with E-state index < -0.39 is 0 Å². The van der Waals surface area contributed by atoms with Crippen molar-refractivity contribution in [1.82, 2.24) is 10.6 Å². The lowest BCUT2D eigenvalue weighted by molar-refractivity contribution is 0.234. The molecular formula is C31H55ClN4O. The predicted molar refractivity (Wildman–Crippen MR) is 165 cm³/mol. The second kappa shape index (κ2) is 22.0. The monoisotopic (exact) mass is 534 g/mol. The van der Waals surface area contributed by atoms with Crippen LogP contribution in [0.3, 0.4) is 0 Å². The van der Waals surface area contributed by atoms with Crippen molar-refractivity contribution in [2.24, 2.45) is 11.5 Å². The molecule has 0 radical (unpaired) electrons. The predicted octanol–water partition coefficient (Wildman–Crippen LogP) is 6.85. The molecule has 0 bridgehead atoms. The average Bonchev–Trinajstić information content (AvgIpc) is 2.77. The molecule has 0 unspecified atom stereocenters. The van der Waals surface area contributed by atoms with Crippen LogP contribution in [0.15, 0.2) is 48.5 Å². The molecular weight excluding hydrogens is 480 g/mol. The van der Waals surface area contributed by atoms with Crippen LogP contribution in [-0.4, -0.2) is 30.2 Å². The van der Waals surface area contributed by atoms with E-state index >= 15 is 0 Å². The van der Waals surface area contributed by atoms with Crippen molar-refractivity contribution >= 4 is 18.4 Å². The van der Waals surface area contributed by atoms with E-state index in [1.807, 2.05) is 27.7 Å². The van der Waals surface area contributed by atoms with Crippen LogP contribution in [0, 0.1) is 13.8 Å². The van der Waals surface area contributed by atoms with Gasteiger partial charge in [0.25, 0.3) is 0 Å². The molecule has 5 nitrogen and oxygen atoms in total. The zero-order valence-electron chi connectivity index (χ0n) is 24.6. The quantitative estimate of drug-likeness (QED) is 0.268. The first-order valence-corrected chi connectivity index (χ1v) is 13.7. The maximum atomic E-state index is 11.8. The van der Waals surface area contributed by atoms with Crippen molar-refractivity contribution in [2.75, 3.05) is 0 Å². The van der Waals surface area contributed by atoms with Gasteiger partial charge in [-0.05, 0) is 78.4 Å². The molecule has 0 aliphatic rings. The minimum absolute atomic E-state index is 0. The van der Waals surface area contributed by atoms with Crippen LogP contribution in [0.1, 0.15) is 89.5 Å². The first kappa shape index (κ1) is 37.1. The summed E-state index contributed by atoms with van der Waals surface area (Å²) in [4.78, 5) is 11.8. The molecule has 6 heteroatoms. The zero-order chi connectivity index (χ0) is 27.5. The molecule has 2 aromatic rings. The van der Waals surface area contributed by atoms with Crippen molar-refractivity contribution in [2.45, 2.75) is 118 Å². The Morgan fingerprint density at radius 3 is 1.43 bits per heavy atom. The molecule has 2 amide bonds. The Labute approximate surface area is 234 Å². The van der Waals surface area contributed by atoms with Crippen molar-refractivity contribution < 1.29 is 4.79 Å². The summed E-state index contributed by atoms with van der Waals surface area (Å²) in [6.07, 6.45) is 6.29. The minimum Gasteiger partial charge on any atom is -0.336 e. The van der Waals surface area contributed by atoms with E-state index in [-0.39, 0.29) is 36.6 Å². The Hall–Kier alpha value is -2.08. The number of rotatable bonds is 10. The number of amides is 2. The van der Waals surface area contributed by atoms with Crippen LogP contribution < -0.4 is 22.1 Å². The van der Waals surface area contributed by atoms with Crippen LogP contribution in [0.4, 0.5) is 4.79 Å². The van der Waals surface area contributed by atoms with Gasteiger partial charge in [-0.15, -0.1) is 12.4 Å². The number of hydrogen-bond donors (Lipinski definition) is 4. The molecule has 6 N–H and O–H groups in total. The van der Waals surface area contributed by atoms with E-state index in [0.717, 1.165) is 32.1 Å². The molecule has 0 heterocycles. The first-order valence-electron chi connectivity index (χ1n) is 13.7. The highest BCUT2D eigenvalue weighted by Gasteiger charge is 2.10. The number of urea groups is 1. The van der Waals surface area contributed by atoms with Gasteiger partial charge >= 0.3 is 6.03 Å². The number of carbonyl (C=O) groups is 1.